The first kappa shape index (κ1) is 19.9. The first-order chi connectivity index (χ1) is 12.6. The van der Waals surface area contributed by atoms with Crippen molar-refractivity contribution in [3.05, 3.63) is 48.3 Å². The van der Waals surface area contributed by atoms with Crippen LogP contribution in [-0.2, 0) is 16.4 Å². The molecule has 1 aromatic carbocycles. The van der Waals surface area contributed by atoms with Crippen LogP contribution < -0.4 is 0 Å². The van der Waals surface area contributed by atoms with Crippen LogP contribution in [0.2, 0.25) is 6.32 Å². The van der Waals surface area contributed by atoms with Crippen molar-refractivity contribution in [2.45, 2.75) is 59.1 Å². The van der Waals surface area contributed by atoms with Gasteiger partial charge in [0.15, 0.2) is 0 Å². The third-order valence-corrected chi connectivity index (χ3v) is 5.49. The second-order valence-corrected chi connectivity index (χ2v) is 8.67. The van der Waals surface area contributed by atoms with E-state index in [1.54, 1.807) is 0 Å². The Balaban J connectivity index is 1.82. The molecular weight excluding hydrogens is 335 g/mol. The Morgan fingerprint density at radius 1 is 1.15 bits per heavy atom. The molecule has 27 heavy (non-hydrogen) atoms. The molecule has 4 nitrogen and oxygen atoms in total. The number of hydrogen-bond donors (Lipinski definition) is 0. The number of fused-ring (bicyclic) bond motifs is 1. The van der Waals surface area contributed by atoms with Crippen molar-refractivity contribution in [2.75, 3.05) is 0 Å². The lowest BCUT2D eigenvalue weighted by molar-refractivity contribution is 0.00578. The molecule has 1 aliphatic heterocycles. The molecule has 2 heterocycles. The maximum absolute atomic E-state index is 6.09. The predicted molar refractivity (Wildman–Crippen MR) is 114 cm³/mol. The van der Waals surface area contributed by atoms with Gasteiger partial charge >= 0.3 is 7.12 Å². The van der Waals surface area contributed by atoms with E-state index in [0.717, 1.165) is 22.4 Å². The summed E-state index contributed by atoms with van der Waals surface area (Å²) in [6.45, 7) is 12.7. The topological polar surface area (TPSA) is 36.3 Å². The molecule has 0 bridgehead atoms. The first-order valence-electron chi connectivity index (χ1n) is 9.76. The summed E-state index contributed by atoms with van der Waals surface area (Å²) in [6, 6.07) is 8.24. The third-order valence-electron chi connectivity index (χ3n) is 5.49. The van der Waals surface area contributed by atoms with Crippen molar-refractivity contribution in [2.24, 2.45) is 13.0 Å². The highest BCUT2D eigenvalue weighted by Crippen LogP contribution is 2.37. The summed E-state index contributed by atoms with van der Waals surface area (Å²) in [5.74, 6) is 1.41. The van der Waals surface area contributed by atoms with E-state index in [1.807, 2.05) is 12.1 Å². The summed E-state index contributed by atoms with van der Waals surface area (Å²) in [5.41, 5.74) is 2.70. The van der Waals surface area contributed by atoms with Gasteiger partial charge in [0.05, 0.1) is 22.2 Å². The van der Waals surface area contributed by atoms with E-state index in [0.29, 0.717) is 12.2 Å². The minimum atomic E-state index is -0.292. The number of para-hydroxylation sites is 2. The second-order valence-electron chi connectivity index (χ2n) is 8.67. The summed E-state index contributed by atoms with van der Waals surface area (Å²) in [7, 11) is 1.85. The lowest BCUT2D eigenvalue weighted by Crippen LogP contribution is -2.41. The van der Waals surface area contributed by atoms with E-state index < -0.39 is 0 Å². The summed E-state index contributed by atoms with van der Waals surface area (Å²) < 4.78 is 14.3. The van der Waals surface area contributed by atoms with Gasteiger partial charge in [0, 0.05) is 18.9 Å². The number of allylic oxidation sites excluding steroid dienone is 4. The Morgan fingerprint density at radius 3 is 2.37 bits per heavy atom. The minimum Gasteiger partial charge on any atom is -0.403 e. The highest BCUT2D eigenvalue weighted by atomic mass is 16.7. The van der Waals surface area contributed by atoms with Gasteiger partial charge in [-0.25, -0.2) is 4.98 Å². The monoisotopic (exact) mass is 366 g/mol. The van der Waals surface area contributed by atoms with Crippen LogP contribution in [0.3, 0.4) is 0 Å². The van der Waals surface area contributed by atoms with Gasteiger partial charge in [-0.15, -0.1) is 0 Å². The van der Waals surface area contributed by atoms with E-state index in [-0.39, 0.29) is 18.3 Å². The number of imidazole rings is 1. The van der Waals surface area contributed by atoms with Gasteiger partial charge in [0.2, 0.25) is 0 Å². The number of aromatic nitrogens is 2. The van der Waals surface area contributed by atoms with E-state index in [9.17, 15) is 0 Å². The molecule has 3 rings (SSSR count). The van der Waals surface area contributed by atoms with Gasteiger partial charge in [-0.2, -0.15) is 0 Å². The van der Waals surface area contributed by atoms with Crippen molar-refractivity contribution in [1.82, 2.24) is 9.55 Å². The molecule has 0 radical (unpaired) electrons. The Labute approximate surface area is 163 Å². The predicted octanol–water partition coefficient (Wildman–Crippen LogP) is 5.26. The third kappa shape index (κ3) is 4.04. The van der Waals surface area contributed by atoms with Crippen LogP contribution in [0.4, 0.5) is 0 Å². The molecule has 0 aliphatic carbocycles. The second kappa shape index (κ2) is 7.29. The van der Waals surface area contributed by atoms with E-state index in [2.05, 4.69) is 83.5 Å². The maximum atomic E-state index is 6.09. The summed E-state index contributed by atoms with van der Waals surface area (Å²) in [6.07, 6.45) is 7.25. The number of rotatable bonds is 5. The molecule has 1 saturated heterocycles. The SMILES string of the molecule is CC(C)/C=C(\C=C/CB1OC(C)(C)C(C)(C)O1)c1nc2ccccc2n1C. The molecule has 0 N–H and O–H groups in total. The number of benzene rings is 1. The summed E-state index contributed by atoms with van der Waals surface area (Å²) in [5, 5.41) is 0. The van der Waals surface area contributed by atoms with Crippen molar-refractivity contribution in [3.8, 4) is 0 Å². The van der Waals surface area contributed by atoms with Crippen molar-refractivity contribution < 1.29 is 9.31 Å². The fourth-order valence-electron chi connectivity index (χ4n) is 3.33. The van der Waals surface area contributed by atoms with Gasteiger partial charge in [-0.1, -0.05) is 44.2 Å². The van der Waals surface area contributed by atoms with E-state index >= 15 is 0 Å². The van der Waals surface area contributed by atoms with Crippen LogP contribution in [0.5, 0.6) is 0 Å². The zero-order valence-corrected chi connectivity index (χ0v) is 17.6. The largest absolute Gasteiger partial charge is 0.461 e. The van der Waals surface area contributed by atoms with Crippen molar-refractivity contribution in [1.29, 1.82) is 0 Å². The molecule has 2 aromatic rings. The Kier molecular flexibility index (Phi) is 5.37. The smallest absolute Gasteiger partial charge is 0.403 e. The zero-order chi connectivity index (χ0) is 19.8. The van der Waals surface area contributed by atoms with Crippen LogP contribution in [0, 0.1) is 5.92 Å². The van der Waals surface area contributed by atoms with Gasteiger partial charge in [-0.05, 0) is 45.7 Å². The average Bonchev–Trinajstić information content (AvgIpc) is 3.00. The molecule has 0 saturated carbocycles. The molecule has 0 amide bonds. The lowest BCUT2D eigenvalue weighted by Gasteiger charge is -2.32. The van der Waals surface area contributed by atoms with Crippen LogP contribution >= 0.6 is 0 Å². The van der Waals surface area contributed by atoms with Crippen molar-refractivity contribution in [3.63, 3.8) is 0 Å². The molecular formula is C22H31BN2O2. The molecule has 1 aromatic heterocycles. The molecule has 1 fully saturated rings. The number of aryl methyl sites for hydroxylation is 1. The average molecular weight is 366 g/mol. The number of nitrogens with zero attached hydrogens (tertiary/aromatic N) is 2. The fraction of sp³-hybridized carbons (Fsp3) is 0.500. The summed E-state index contributed by atoms with van der Waals surface area (Å²) in [4.78, 5) is 4.84. The van der Waals surface area contributed by atoms with Crippen LogP contribution in [0.15, 0.2) is 42.5 Å². The molecule has 1 aliphatic rings. The van der Waals surface area contributed by atoms with Crippen LogP contribution in [0.25, 0.3) is 16.6 Å². The first-order valence-corrected chi connectivity index (χ1v) is 9.76. The van der Waals surface area contributed by atoms with E-state index in [1.165, 1.54) is 0 Å². The standard InChI is InChI=1S/C22H31BN2O2/c1-16(2)15-17(20-24-18-12-8-9-13-19(18)25(20)7)11-10-14-23-26-21(3,4)22(5,6)27-23/h8-13,15-16H,14H2,1-7H3/b11-10-,17-15+. The molecule has 0 atom stereocenters. The minimum absolute atomic E-state index is 0.216. The Hall–Kier alpha value is -1.85. The maximum Gasteiger partial charge on any atom is 0.461 e. The van der Waals surface area contributed by atoms with E-state index in [4.69, 9.17) is 14.3 Å². The summed E-state index contributed by atoms with van der Waals surface area (Å²) >= 11 is 0. The molecule has 0 spiro atoms. The highest BCUT2D eigenvalue weighted by Gasteiger charge is 2.50. The Bertz CT molecular complexity index is 862. The zero-order valence-electron chi connectivity index (χ0n) is 17.6. The Morgan fingerprint density at radius 2 is 1.78 bits per heavy atom. The number of hydrogen-bond acceptors (Lipinski definition) is 3. The molecule has 144 valence electrons. The lowest BCUT2D eigenvalue weighted by atomic mass is 9.84. The fourth-order valence-corrected chi connectivity index (χ4v) is 3.33. The highest BCUT2D eigenvalue weighted by molar-refractivity contribution is 6.46. The molecule has 0 unspecified atom stereocenters. The van der Waals surface area contributed by atoms with Gasteiger partial charge in [0.25, 0.3) is 0 Å². The normalized spacial score (nSPS) is 19.7. The van der Waals surface area contributed by atoms with Crippen LogP contribution in [-0.4, -0.2) is 27.9 Å². The van der Waals surface area contributed by atoms with Gasteiger partial charge in [-0.3, -0.25) is 0 Å². The van der Waals surface area contributed by atoms with Gasteiger partial charge < -0.3 is 13.9 Å². The van der Waals surface area contributed by atoms with Crippen LogP contribution in [0.1, 0.15) is 47.4 Å². The van der Waals surface area contributed by atoms with Gasteiger partial charge in [0.1, 0.15) is 5.82 Å². The quantitative estimate of drug-likeness (QED) is 0.535. The van der Waals surface area contributed by atoms with Crippen molar-refractivity contribution >= 4 is 23.7 Å². The molecule has 5 heteroatoms.